The van der Waals surface area contributed by atoms with Crippen LogP contribution < -0.4 is 9.47 Å². The summed E-state index contributed by atoms with van der Waals surface area (Å²) in [5.74, 6) is 0.189. The Balaban J connectivity index is 2.09. The molecule has 0 aliphatic rings. The van der Waals surface area contributed by atoms with Gasteiger partial charge in [0.1, 0.15) is 6.61 Å². The molecule has 0 aliphatic carbocycles. The minimum Gasteiger partial charge on any atom is -0.493 e. The van der Waals surface area contributed by atoms with Crippen molar-refractivity contribution in [3.8, 4) is 11.5 Å². The Labute approximate surface area is 126 Å². The molecule has 0 saturated carbocycles. The zero-order valence-electron chi connectivity index (χ0n) is 11.7. The van der Waals surface area contributed by atoms with E-state index in [-0.39, 0.29) is 11.6 Å². The number of thiazole rings is 1. The second kappa shape index (κ2) is 6.90. The number of methoxy groups -OCH3 is 1. The number of benzene rings is 1. The minimum atomic E-state index is -1.03. The highest BCUT2D eigenvalue weighted by atomic mass is 32.1. The van der Waals surface area contributed by atoms with Gasteiger partial charge >= 0.3 is 5.97 Å². The maximum atomic E-state index is 10.8. The van der Waals surface area contributed by atoms with E-state index in [1.807, 2.05) is 37.3 Å². The van der Waals surface area contributed by atoms with E-state index in [9.17, 15) is 4.79 Å². The highest BCUT2D eigenvalue weighted by Gasteiger charge is 2.10. The van der Waals surface area contributed by atoms with Crippen LogP contribution in [0.15, 0.2) is 29.7 Å². The van der Waals surface area contributed by atoms with Gasteiger partial charge in [-0.05, 0) is 24.6 Å². The zero-order valence-corrected chi connectivity index (χ0v) is 12.5. The number of hydrogen-bond donors (Lipinski definition) is 1. The number of rotatable bonds is 6. The maximum absolute atomic E-state index is 10.8. The van der Waals surface area contributed by atoms with Gasteiger partial charge in [-0.1, -0.05) is 18.2 Å². The fourth-order valence-electron chi connectivity index (χ4n) is 1.72. The van der Waals surface area contributed by atoms with Crippen LogP contribution in [-0.4, -0.2) is 23.2 Å². The molecule has 2 aromatic rings. The third kappa shape index (κ3) is 3.82. The molecule has 0 unspecified atom stereocenters. The van der Waals surface area contributed by atoms with Crippen molar-refractivity contribution >= 4 is 23.4 Å². The standard InChI is InChI=1S/C15H15NO4S/c1-3-4-10-5-6-12(13(7-10)19-2)20-8-11-9-21-14(16-11)15(17)18/h3-7,9H,8H2,1-2H3,(H,17,18)/b4-3+. The van der Waals surface area contributed by atoms with Crippen LogP contribution in [0.4, 0.5) is 0 Å². The van der Waals surface area contributed by atoms with E-state index in [2.05, 4.69) is 4.98 Å². The molecule has 21 heavy (non-hydrogen) atoms. The van der Waals surface area contributed by atoms with Crippen molar-refractivity contribution in [3.63, 3.8) is 0 Å². The molecule has 6 heteroatoms. The molecular weight excluding hydrogens is 290 g/mol. The molecule has 0 fully saturated rings. The van der Waals surface area contributed by atoms with Crippen LogP contribution in [0.1, 0.15) is 28.0 Å². The third-order valence-electron chi connectivity index (χ3n) is 2.66. The number of aromatic carboxylic acids is 1. The topological polar surface area (TPSA) is 68.7 Å². The van der Waals surface area contributed by atoms with Crippen molar-refractivity contribution in [3.05, 3.63) is 45.9 Å². The van der Waals surface area contributed by atoms with E-state index < -0.39 is 5.97 Å². The molecule has 0 amide bonds. The van der Waals surface area contributed by atoms with Gasteiger partial charge < -0.3 is 14.6 Å². The molecule has 1 N–H and O–H groups in total. The SMILES string of the molecule is C/C=C/c1ccc(OCc2csc(C(=O)O)n2)c(OC)c1. The van der Waals surface area contributed by atoms with Gasteiger partial charge in [0, 0.05) is 5.38 Å². The quantitative estimate of drug-likeness (QED) is 0.885. The van der Waals surface area contributed by atoms with Gasteiger partial charge in [0.25, 0.3) is 0 Å². The summed E-state index contributed by atoms with van der Waals surface area (Å²) in [4.78, 5) is 14.7. The lowest BCUT2D eigenvalue weighted by Crippen LogP contribution is -2.00. The molecule has 1 aromatic carbocycles. The molecule has 0 atom stereocenters. The molecule has 2 rings (SSSR count). The van der Waals surface area contributed by atoms with Crippen molar-refractivity contribution in [2.24, 2.45) is 0 Å². The lowest BCUT2D eigenvalue weighted by atomic mass is 10.2. The maximum Gasteiger partial charge on any atom is 0.365 e. The fraction of sp³-hybridized carbons (Fsp3) is 0.200. The van der Waals surface area contributed by atoms with Gasteiger partial charge in [-0.3, -0.25) is 0 Å². The Bertz CT molecular complexity index is 663. The molecule has 0 aliphatic heterocycles. The van der Waals surface area contributed by atoms with Crippen molar-refractivity contribution < 1.29 is 19.4 Å². The van der Waals surface area contributed by atoms with E-state index in [4.69, 9.17) is 14.6 Å². The number of carbonyl (C=O) groups is 1. The molecule has 1 aromatic heterocycles. The van der Waals surface area contributed by atoms with Crippen molar-refractivity contribution in [1.29, 1.82) is 0 Å². The van der Waals surface area contributed by atoms with Crippen LogP contribution in [-0.2, 0) is 6.61 Å². The Morgan fingerprint density at radius 2 is 2.24 bits per heavy atom. The third-order valence-corrected chi connectivity index (χ3v) is 3.54. The van der Waals surface area contributed by atoms with Gasteiger partial charge in [-0.2, -0.15) is 0 Å². The highest BCUT2D eigenvalue weighted by molar-refractivity contribution is 7.11. The molecule has 110 valence electrons. The van der Waals surface area contributed by atoms with Crippen LogP contribution in [0, 0.1) is 0 Å². The second-order valence-corrected chi connectivity index (χ2v) is 5.01. The van der Waals surface area contributed by atoms with E-state index in [0.29, 0.717) is 17.2 Å². The summed E-state index contributed by atoms with van der Waals surface area (Å²) in [6, 6.07) is 5.61. The summed E-state index contributed by atoms with van der Waals surface area (Å²) >= 11 is 1.08. The number of carboxylic acids is 1. The number of ether oxygens (including phenoxy) is 2. The zero-order chi connectivity index (χ0) is 15.2. The number of nitrogens with zero attached hydrogens (tertiary/aromatic N) is 1. The Hall–Kier alpha value is -2.34. The summed E-state index contributed by atoms with van der Waals surface area (Å²) in [7, 11) is 1.58. The van der Waals surface area contributed by atoms with E-state index in [1.165, 1.54) is 0 Å². The predicted molar refractivity (Wildman–Crippen MR) is 81.1 cm³/mol. The second-order valence-electron chi connectivity index (χ2n) is 4.15. The average Bonchev–Trinajstić information content (AvgIpc) is 2.95. The Morgan fingerprint density at radius 1 is 1.43 bits per heavy atom. The Kier molecular flexibility index (Phi) is 4.94. The number of hydrogen-bond acceptors (Lipinski definition) is 5. The lowest BCUT2D eigenvalue weighted by molar-refractivity contribution is 0.0696. The van der Waals surface area contributed by atoms with Crippen LogP contribution in [0.5, 0.6) is 11.5 Å². The van der Waals surface area contributed by atoms with Crippen molar-refractivity contribution in [2.45, 2.75) is 13.5 Å². The summed E-state index contributed by atoms with van der Waals surface area (Å²) in [6.45, 7) is 2.14. The van der Waals surface area contributed by atoms with Gasteiger partial charge in [0.05, 0.1) is 12.8 Å². The van der Waals surface area contributed by atoms with Crippen LogP contribution in [0.3, 0.4) is 0 Å². The molecule has 0 radical (unpaired) electrons. The summed E-state index contributed by atoms with van der Waals surface area (Å²) < 4.78 is 10.9. The van der Waals surface area contributed by atoms with Crippen molar-refractivity contribution in [2.75, 3.05) is 7.11 Å². The van der Waals surface area contributed by atoms with Crippen LogP contribution in [0.2, 0.25) is 0 Å². The lowest BCUT2D eigenvalue weighted by Gasteiger charge is -2.10. The number of allylic oxidation sites excluding steroid dienone is 1. The monoisotopic (exact) mass is 305 g/mol. The molecule has 0 bridgehead atoms. The summed E-state index contributed by atoms with van der Waals surface area (Å²) in [6.07, 6.45) is 3.91. The normalized spacial score (nSPS) is 10.8. The number of carboxylic acid groups (broad SMARTS) is 1. The van der Waals surface area contributed by atoms with Gasteiger partial charge in [-0.25, -0.2) is 9.78 Å². The molecular formula is C15H15NO4S. The van der Waals surface area contributed by atoms with Crippen LogP contribution >= 0.6 is 11.3 Å². The minimum absolute atomic E-state index is 0.0593. The van der Waals surface area contributed by atoms with E-state index in [1.54, 1.807) is 12.5 Å². The van der Waals surface area contributed by atoms with Gasteiger partial charge in [0.2, 0.25) is 5.01 Å². The predicted octanol–water partition coefficient (Wildman–Crippen LogP) is 3.46. The first-order chi connectivity index (χ1) is 10.1. The first-order valence-corrected chi connectivity index (χ1v) is 7.13. The highest BCUT2D eigenvalue weighted by Crippen LogP contribution is 2.29. The first kappa shape index (κ1) is 15.1. The number of aromatic nitrogens is 1. The smallest absolute Gasteiger partial charge is 0.365 e. The Morgan fingerprint density at radius 3 is 2.86 bits per heavy atom. The molecule has 0 saturated heterocycles. The van der Waals surface area contributed by atoms with E-state index in [0.717, 1.165) is 16.9 Å². The van der Waals surface area contributed by atoms with Gasteiger partial charge in [0.15, 0.2) is 11.5 Å². The van der Waals surface area contributed by atoms with E-state index >= 15 is 0 Å². The molecule has 5 nitrogen and oxygen atoms in total. The molecule has 1 heterocycles. The van der Waals surface area contributed by atoms with Gasteiger partial charge in [-0.15, -0.1) is 11.3 Å². The fourth-order valence-corrected chi connectivity index (χ4v) is 2.36. The first-order valence-electron chi connectivity index (χ1n) is 6.25. The molecule has 0 spiro atoms. The average molecular weight is 305 g/mol. The van der Waals surface area contributed by atoms with Crippen LogP contribution in [0.25, 0.3) is 6.08 Å². The largest absolute Gasteiger partial charge is 0.493 e. The summed E-state index contributed by atoms with van der Waals surface area (Å²) in [5, 5.41) is 10.6. The van der Waals surface area contributed by atoms with Crippen molar-refractivity contribution in [1.82, 2.24) is 4.98 Å². The summed E-state index contributed by atoms with van der Waals surface area (Å²) in [5.41, 5.74) is 1.60.